The molecule has 0 aromatic rings. The Bertz CT molecular complexity index is 186. The third kappa shape index (κ3) is 13.5. The maximum atomic E-state index is 11.4. The van der Waals surface area contributed by atoms with Gasteiger partial charge in [0.1, 0.15) is 0 Å². The van der Waals surface area contributed by atoms with Crippen molar-refractivity contribution in [3.05, 3.63) is 0 Å². The summed E-state index contributed by atoms with van der Waals surface area (Å²) in [6.45, 7) is 5.71. The highest BCUT2D eigenvalue weighted by molar-refractivity contribution is 5.75. The number of unbranched alkanes of at least 4 members (excludes halogenated alkanes) is 5. The lowest BCUT2D eigenvalue weighted by molar-refractivity contribution is -0.121. The lowest BCUT2D eigenvalue weighted by atomic mass is 10.1. The van der Waals surface area contributed by atoms with Crippen LogP contribution in [0.2, 0.25) is 0 Å². The minimum absolute atomic E-state index is 0.176. The Morgan fingerprint density at radius 1 is 0.944 bits per heavy atom. The number of nitrogens with two attached hydrogens (primary N) is 1. The highest BCUT2D eigenvalue weighted by atomic mass is 16.1. The molecule has 0 aliphatic rings. The second-order valence-corrected chi connectivity index (χ2v) is 4.72. The summed E-state index contributed by atoms with van der Waals surface area (Å²) >= 11 is 0. The molecule has 0 aromatic heterocycles. The van der Waals surface area contributed by atoms with Gasteiger partial charge >= 0.3 is 0 Å². The van der Waals surface area contributed by atoms with Crippen LogP contribution in [0.4, 0.5) is 0 Å². The van der Waals surface area contributed by atoms with Gasteiger partial charge in [0.2, 0.25) is 5.91 Å². The molecule has 0 unspecified atom stereocenters. The van der Waals surface area contributed by atoms with Crippen molar-refractivity contribution in [3.63, 3.8) is 0 Å². The molecule has 18 heavy (non-hydrogen) atoms. The number of rotatable bonds is 13. The van der Waals surface area contributed by atoms with Crippen LogP contribution < -0.4 is 16.4 Å². The Balaban J connectivity index is 3.08. The molecule has 0 heterocycles. The monoisotopic (exact) mass is 257 g/mol. The van der Waals surface area contributed by atoms with Gasteiger partial charge in [-0.25, -0.2) is 0 Å². The van der Waals surface area contributed by atoms with E-state index in [-0.39, 0.29) is 5.91 Å². The molecule has 108 valence electrons. The Kier molecular flexibility index (Phi) is 14.0. The van der Waals surface area contributed by atoms with Crippen LogP contribution in [0.15, 0.2) is 0 Å². The Hall–Kier alpha value is -0.610. The van der Waals surface area contributed by atoms with Crippen LogP contribution in [-0.4, -0.2) is 32.1 Å². The quantitative estimate of drug-likeness (QED) is 0.441. The van der Waals surface area contributed by atoms with Gasteiger partial charge in [0.05, 0.1) is 0 Å². The van der Waals surface area contributed by atoms with E-state index in [1.807, 2.05) is 0 Å². The minimum atomic E-state index is 0.176. The van der Waals surface area contributed by atoms with E-state index in [1.54, 1.807) is 0 Å². The van der Waals surface area contributed by atoms with Gasteiger partial charge in [-0.3, -0.25) is 4.79 Å². The maximum absolute atomic E-state index is 11.4. The van der Waals surface area contributed by atoms with Gasteiger partial charge in [-0.05, 0) is 38.9 Å². The van der Waals surface area contributed by atoms with Gasteiger partial charge in [-0.2, -0.15) is 0 Å². The van der Waals surface area contributed by atoms with E-state index in [4.69, 9.17) is 5.73 Å². The SMILES string of the molecule is CCNCCCCCCCCC(=O)NCCCN. The topological polar surface area (TPSA) is 67.2 Å². The first-order chi connectivity index (χ1) is 8.81. The van der Waals surface area contributed by atoms with E-state index >= 15 is 0 Å². The number of hydrogen-bond donors (Lipinski definition) is 3. The molecule has 0 atom stereocenters. The summed E-state index contributed by atoms with van der Waals surface area (Å²) in [6.07, 6.45) is 8.85. The number of nitrogens with one attached hydrogen (secondary N) is 2. The molecule has 0 saturated carbocycles. The van der Waals surface area contributed by atoms with Gasteiger partial charge in [0.15, 0.2) is 0 Å². The van der Waals surface area contributed by atoms with E-state index in [0.29, 0.717) is 13.0 Å². The summed E-state index contributed by atoms with van der Waals surface area (Å²) in [5.41, 5.74) is 5.36. The van der Waals surface area contributed by atoms with Crippen LogP contribution >= 0.6 is 0 Å². The zero-order valence-corrected chi connectivity index (χ0v) is 12.0. The van der Waals surface area contributed by atoms with Gasteiger partial charge in [0.25, 0.3) is 0 Å². The standard InChI is InChI=1S/C14H31N3O/c1-2-16-12-8-6-4-3-5-7-10-14(18)17-13-9-11-15/h16H,2-13,15H2,1H3,(H,17,18). The molecule has 0 spiro atoms. The van der Waals surface area contributed by atoms with Crippen molar-refractivity contribution >= 4 is 5.91 Å². The summed E-state index contributed by atoms with van der Waals surface area (Å²) in [5, 5.41) is 6.21. The summed E-state index contributed by atoms with van der Waals surface area (Å²) in [6, 6.07) is 0. The number of hydrogen-bond acceptors (Lipinski definition) is 3. The Morgan fingerprint density at radius 2 is 1.61 bits per heavy atom. The van der Waals surface area contributed by atoms with Gasteiger partial charge in [0, 0.05) is 13.0 Å². The Morgan fingerprint density at radius 3 is 2.28 bits per heavy atom. The van der Waals surface area contributed by atoms with Gasteiger partial charge < -0.3 is 16.4 Å². The lowest BCUT2D eigenvalue weighted by Crippen LogP contribution is -2.25. The zero-order valence-electron chi connectivity index (χ0n) is 12.0. The van der Waals surface area contributed by atoms with E-state index in [2.05, 4.69) is 17.6 Å². The highest BCUT2D eigenvalue weighted by Crippen LogP contribution is 2.06. The summed E-state index contributed by atoms with van der Waals surface area (Å²) < 4.78 is 0. The lowest BCUT2D eigenvalue weighted by Gasteiger charge is -2.04. The van der Waals surface area contributed by atoms with Crippen molar-refractivity contribution in [2.45, 2.75) is 58.3 Å². The van der Waals surface area contributed by atoms with Gasteiger partial charge in [-0.15, -0.1) is 0 Å². The molecule has 4 N–H and O–H groups in total. The predicted molar refractivity (Wildman–Crippen MR) is 77.5 cm³/mol. The Labute approximate surface area is 112 Å². The van der Waals surface area contributed by atoms with E-state index in [0.717, 1.165) is 32.5 Å². The molecule has 0 aliphatic heterocycles. The van der Waals surface area contributed by atoms with Gasteiger partial charge in [-0.1, -0.05) is 32.6 Å². The van der Waals surface area contributed by atoms with Crippen molar-refractivity contribution in [1.82, 2.24) is 10.6 Å². The molecule has 0 radical (unpaired) electrons. The largest absolute Gasteiger partial charge is 0.356 e. The third-order valence-electron chi connectivity index (χ3n) is 2.96. The van der Waals surface area contributed by atoms with Crippen LogP contribution in [0.3, 0.4) is 0 Å². The van der Waals surface area contributed by atoms with Crippen molar-refractivity contribution in [3.8, 4) is 0 Å². The summed E-state index contributed by atoms with van der Waals surface area (Å²) in [7, 11) is 0. The van der Waals surface area contributed by atoms with E-state index < -0.39 is 0 Å². The molecule has 1 amide bonds. The van der Waals surface area contributed by atoms with Crippen LogP contribution in [0, 0.1) is 0 Å². The molecule has 0 saturated heterocycles. The molecule has 0 bridgehead atoms. The molecular formula is C14H31N3O. The molecule has 0 aromatic carbocycles. The van der Waals surface area contributed by atoms with Crippen LogP contribution in [-0.2, 0) is 4.79 Å². The smallest absolute Gasteiger partial charge is 0.219 e. The van der Waals surface area contributed by atoms with E-state index in [9.17, 15) is 4.79 Å². The average molecular weight is 257 g/mol. The number of amides is 1. The second-order valence-electron chi connectivity index (χ2n) is 4.72. The van der Waals surface area contributed by atoms with Crippen LogP contribution in [0.25, 0.3) is 0 Å². The van der Waals surface area contributed by atoms with Crippen LogP contribution in [0.5, 0.6) is 0 Å². The first kappa shape index (κ1) is 17.4. The second kappa shape index (κ2) is 14.5. The van der Waals surface area contributed by atoms with Crippen molar-refractivity contribution < 1.29 is 4.79 Å². The fourth-order valence-corrected chi connectivity index (χ4v) is 1.84. The fourth-order valence-electron chi connectivity index (χ4n) is 1.84. The van der Waals surface area contributed by atoms with Crippen molar-refractivity contribution in [1.29, 1.82) is 0 Å². The highest BCUT2D eigenvalue weighted by Gasteiger charge is 1.99. The van der Waals surface area contributed by atoms with Crippen molar-refractivity contribution in [2.24, 2.45) is 5.73 Å². The third-order valence-corrected chi connectivity index (χ3v) is 2.96. The average Bonchev–Trinajstić information content (AvgIpc) is 2.37. The zero-order chi connectivity index (χ0) is 13.5. The minimum Gasteiger partial charge on any atom is -0.356 e. The fraction of sp³-hybridized carbons (Fsp3) is 0.929. The summed E-state index contributed by atoms with van der Waals surface area (Å²) in [4.78, 5) is 11.4. The first-order valence-electron chi connectivity index (χ1n) is 7.48. The van der Waals surface area contributed by atoms with E-state index in [1.165, 1.54) is 32.1 Å². The molecule has 0 aliphatic carbocycles. The number of carbonyl (C=O) groups excluding carboxylic acids is 1. The normalized spacial score (nSPS) is 10.6. The van der Waals surface area contributed by atoms with Crippen LogP contribution in [0.1, 0.15) is 58.3 Å². The molecular weight excluding hydrogens is 226 g/mol. The molecule has 0 fully saturated rings. The summed E-state index contributed by atoms with van der Waals surface area (Å²) in [5.74, 6) is 0.176. The predicted octanol–water partition coefficient (Wildman–Crippen LogP) is 1.79. The van der Waals surface area contributed by atoms with Crippen molar-refractivity contribution in [2.75, 3.05) is 26.2 Å². The maximum Gasteiger partial charge on any atom is 0.219 e. The first-order valence-corrected chi connectivity index (χ1v) is 7.48. The molecule has 4 heteroatoms. The molecule has 4 nitrogen and oxygen atoms in total. The number of carbonyl (C=O) groups is 1. The molecule has 0 rings (SSSR count).